The van der Waals surface area contributed by atoms with Gasteiger partial charge in [-0.3, -0.25) is 4.79 Å². The van der Waals surface area contributed by atoms with Gasteiger partial charge in [0.2, 0.25) is 0 Å². The Morgan fingerprint density at radius 1 is 1.24 bits per heavy atom. The van der Waals surface area contributed by atoms with E-state index in [1.165, 1.54) is 6.07 Å². The van der Waals surface area contributed by atoms with Crippen molar-refractivity contribution in [3.63, 3.8) is 0 Å². The molecule has 0 bridgehead atoms. The summed E-state index contributed by atoms with van der Waals surface area (Å²) in [4.78, 5) is 12.6. The van der Waals surface area contributed by atoms with E-state index in [9.17, 15) is 13.2 Å². The summed E-state index contributed by atoms with van der Waals surface area (Å²) in [6.45, 7) is 0.738. The zero-order valence-electron chi connectivity index (χ0n) is 13.8. The Balaban J connectivity index is 1.81. The van der Waals surface area contributed by atoms with Crippen LogP contribution in [0.4, 0.5) is 0 Å². The largest absolute Gasteiger partial charge is 0.346 e. The van der Waals surface area contributed by atoms with Crippen LogP contribution in [-0.2, 0) is 21.4 Å². The molecule has 1 aliphatic heterocycles. The molecular formula is C18H21N3O3S. The van der Waals surface area contributed by atoms with Gasteiger partial charge in [0.15, 0.2) is 0 Å². The monoisotopic (exact) mass is 359 g/mol. The van der Waals surface area contributed by atoms with Gasteiger partial charge in [0.05, 0.1) is 5.52 Å². The molecule has 2 atom stereocenters. The van der Waals surface area contributed by atoms with E-state index in [1.54, 1.807) is 6.07 Å². The van der Waals surface area contributed by atoms with E-state index in [1.807, 2.05) is 35.0 Å². The first kappa shape index (κ1) is 16.4. The van der Waals surface area contributed by atoms with Crippen LogP contribution >= 0.6 is 0 Å². The molecule has 1 aromatic heterocycles. The van der Waals surface area contributed by atoms with Crippen LogP contribution in [0.25, 0.3) is 10.9 Å². The summed E-state index contributed by atoms with van der Waals surface area (Å²) in [5, 5.41) is 0.842. The number of carbonyl (C=O) groups excluding carboxylic acids is 1. The van der Waals surface area contributed by atoms with Crippen LogP contribution in [0.2, 0.25) is 0 Å². The molecule has 4 rings (SSSR count). The van der Waals surface area contributed by atoms with E-state index in [2.05, 4.69) is 4.72 Å². The number of rotatable bonds is 0. The minimum atomic E-state index is -3.98. The second kappa shape index (κ2) is 5.71. The van der Waals surface area contributed by atoms with E-state index in [4.69, 9.17) is 5.73 Å². The minimum Gasteiger partial charge on any atom is -0.346 e. The molecule has 2 heterocycles. The lowest BCUT2D eigenvalue weighted by Crippen LogP contribution is -2.46. The molecule has 6 nitrogen and oxygen atoms in total. The van der Waals surface area contributed by atoms with Gasteiger partial charge in [0.25, 0.3) is 15.9 Å². The van der Waals surface area contributed by atoms with Crippen LogP contribution in [0, 0.1) is 5.92 Å². The van der Waals surface area contributed by atoms with Gasteiger partial charge in [0, 0.05) is 24.0 Å². The van der Waals surface area contributed by atoms with Gasteiger partial charge < -0.3 is 10.3 Å². The van der Waals surface area contributed by atoms with E-state index in [0.717, 1.165) is 31.2 Å². The number of benzene rings is 1. The molecule has 0 radical (unpaired) electrons. The Kier molecular flexibility index (Phi) is 3.73. The summed E-state index contributed by atoms with van der Waals surface area (Å²) < 4.78 is 29.8. The first-order chi connectivity index (χ1) is 11.9. The van der Waals surface area contributed by atoms with E-state index < -0.39 is 21.5 Å². The van der Waals surface area contributed by atoms with Crippen molar-refractivity contribution >= 4 is 26.8 Å². The zero-order chi connectivity index (χ0) is 17.7. The van der Waals surface area contributed by atoms with Crippen molar-refractivity contribution in [1.29, 1.82) is 0 Å². The molecule has 7 heteroatoms. The third-order valence-corrected chi connectivity index (χ3v) is 6.50. The molecule has 1 aromatic carbocycles. The van der Waals surface area contributed by atoms with Crippen molar-refractivity contribution < 1.29 is 13.2 Å². The predicted octanol–water partition coefficient (Wildman–Crippen LogP) is 1.90. The first-order valence-electron chi connectivity index (χ1n) is 8.52. The number of hydrogen-bond acceptors (Lipinski definition) is 4. The third kappa shape index (κ3) is 2.77. The molecule has 2 aromatic rings. The van der Waals surface area contributed by atoms with Crippen LogP contribution < -0.4 is 10.5 Å². The van der Waals surface area contributed by atoms with E-state index in [0.29, 0.717) is 11.9 Å². The Morgan fingerprint density at radius 2 is 2.08 bits per heavy atom. The van der Waals surface area contributed by atoms with Crippen LogP contribution in [0.1, 0.15) is 25.7 Å². The molecule has 1 aliphatic carbocycles. The molecule has 1 saturated carbocycles. The smallest absolute Gasteiger partial charge is 0.266 e. The van der Waals surface area contributed by atoms with E-state index in [-0.39, 0.29) is 10.8 Å². The lowest BCUT2D eigenvalue weighted by Gasteiger charge is -2.15. The topological polar surface area (TPSA) is 94.2 Å². The van der Waals surface area contributed by atoms with E-state index >= 15 is 0 Å². The Bertz CT molecular complexity index is 977. The average Bonchev–Trinajstić information content (AvgIpc) is 3.06. The minimum absolute atomic E-state index is 0.0923. The van der Waals surface area contributed by atoms with Crippen molar-refractivity contribution in [3.8, 4) is 0 Å². The van der Waals surface area contributed by atoms with Crippen LogP contribution in [-0.4, -0.2) is 24.4 Å². The third-order valence-electron chi connectivity index (χ3n) is 5.14. The molecule has 1 fully saturated rings. The lowest BCUT2D eigenvalue weighted by molar-refractivity contribution is -0.121. The number of nitrogens with one attached hydrogen (secondary N) is 1. The van der Waals surface area contributed by atoms with Crippen molar-refractivity contribution in [2.24, 2.45) is 11.7 Å². The quantitative estimate of drug-likeness (QED) is 0.703. The second-order valence-corrected chi connectivity index (χ2v) is 8.56. The first-order valence-corrected chi connectivity index (χ1v) is 10.0. The number of allylic oxidation sites excluding steroid dienone is 1. The molecule has 0 unspecified atom stereocenters. The fourth-order valence-electron chi connectivity index (χ4n) is 3.51. The molecule has 2 aliphatic rings. The molecular weight excluding hydrogens is 338 g/mol. The highest BCUT2D eigenvalue weighted by molar-refractivity contribution is 7.90. The van der Waals surface area contributed by atoms with Crippen LogP contribution in [0.5, 0.6) is 0 Å². The predicted molar refractivity (Wildman–Crippen MR) is 95.3 cm³/mol. The summed E-state index contributed by atoms with van der Waals surface area (Å²) in [5.74, 6) is -0.723. The van der Waals surface area contributed by atoms with Gasteiger partial charge >= 0.3 is 0 Å². The standard InChI is InChI=1S/C18H21N3O3S/c19-18-12-14(18)7-3-1-2-4-10-21-11-9-13-6-5-8-15(16(13)21)25(23,24)20-17(18)22/h3,5-9,11,14H,1-2,4,10,12,19H2,(H,20,22)/b7-3-/t14-,18-/m1/s1. The summed E-state index contributed by atoms with van der Waals surface area (Å²) in [6.07, 6.45) is 9.25. The number of fused-ring (bicyclic) bond motifs is 1. The maximum Gasteiger partial charge on any atom is 0.266 e. The maximum atomic E-state index is 12.8. The molecule has 0 spiro atoms. The number of para-hydroxylation sites is 1. The molecule has 3 N–H and O–H groups in total. The number of aryl methyl sites for hydroxylation is 1. The SMILES string of the molecule is N[C@]12C[C@H]1/C=C\CCCCn1ccc3cccc(c31)S(=O)(=O)NC2=O. The number of hydrogen-bond donors (Lipinski definition) is 2. The molecule has 0 saturated heterocycles. The van der Waals surface area contributed by atoms with Gasteiger partial charge in [-0.15, -0.1) is 0 Å². The van der Waals surface area contributed by atoms with Gasteiger partial charge in [-0.1, -0.05) is 24.3 Å². The highest BCUT2D eigenvalue weighted by Gasteiger charge is 2.56. The zero-order valence-corrected chi connectivity index (χ0v) is 14.6. The molecule has 1 amide bonds. The van der Waals surface area contributed by atoms with Crippen molar-refractivity contribution in [3.05, 3.63) is 42.6 Å². The number of nitrogens with two attached hydrogens (primary N) is 1. The molecule has 132 valence electrons. The summed E-state index contributed by atoms with van der Waals surface area (Å²) in [6, 6.07) is 7.00. The summed E-state index contributed by atoms with van der Waals surface area (Å²) in [7, 11) is -3.98. The van der Waals surface area contributed by atoms with Crippen molar-refractivity contribution in [2.75, 3.05) is 0 Å². The van der Waals surface area contributed by atoms with Gasteiger partial charge in [0.1, 0.15) is 10.4 Å². The lowest BCUT2D eigenvalue weighted by atomic mass is 10.1. The van der Waals surface area contributed by atoms with Gasteiger partial charge in [-0.25, -0.2) is 13.1 Å². The van der Waals surface area contributed by atoms with Crippen molar-refractivity contribution in [2.45, 2.75) is 42.7 Å². The fourth-order valence-corrected chi connectivity index (χ4v) is 4.80. The van der Waals surface area contributed by atoms with Gasteiger partial charge in [-0.2, -0.15) is 0 Å². The number of sulfonamides is 1. The Hall–Kier alpha value is -2.12. The number of carbonyl (C=O) groups is 1. The van der Waals surface area contributed by atoms with Crippen LogP contribution in [0.15, 0.2) is 47.5 Å². The van der Waals surface area contributed by atoms with Crippen molar-refractivity contribution in [1.82, 2.24) is 9.29 Å². The average molecular weight is 359 g/mol. The summed E-state index contributed by atoms with van der Waals surface area (Å²) >= 11 is 0. The normalized spacial score (nSPS) is 30.1. The number of aromatic nitrogens is 1. The molecule has 25 heavy (non-hydrogen) atoms. The maximum absolute atomic E-state index is 12.8. The highest BCUT2D eigenvalue weighted by Crippen LogP contribution is 2.43. The number of nitrogens with zero attached hydrogens (tertiary/aromatic N) is 1. The van der Waals surface area contributed by atoms with Crippen LogP contribution in [0.3, 0.4) is 0 Å². The Morgan fingerprint density at radius 3 is 2.92 bits per heavy atom. The second-order valence-electron chi connectivity index (χ2n) is 6.91. The Labute approximate surface area is 146 Å². The fraction of sp³-hybridized carbons (Fsp3) is 0.389. The van der Waals surface area contributed by atoms with Gasteiger partial charge in [-0.05, 0) is 37.8 Å². The highest BCUT2D eigenvalue weighted by atomic mass is 32.2. The summed E-state index contributed by atoms with van der Waals surface area (Å²) in [5.41, 5.74) is 5.62. The number of amides is 1.